The zero-order chi connectivity index (χ0) is 14.1. The van der Waals surface area contributed by atoms with Gasteiger partial charge in [0.2, 0.25) is 0 Å². The second kappa shape index (κ2) is 5.02. The summed E-state index contributed by atoms with van der Waals surface area (Å²) in [6.45, 7) is 3.63. The Bertz CT molecular complexity index is 761. The van der Waals surface area contributed by atoms with Crippen LogP contribution in [0.2, 0.25) is 0 Å². The summed E-state index contributed by atoms with van der Waals surface area (Å²) in [5.74, 6) is 0.698. The van der Waals surface area contributed by atoms with E-state index in [-0.39, 0.29) is 0 Å². The van der Waals surface area contributed by atoms with Gasteiger partial charge in [-0.3, -0.25) is 0 Å². The summed E-state index contributed by atoms with van der Waals surface area (Å²) in [5.41, 5.74) is 2.61. The van der Waals surface area contributed by atoms with Crippen molar-refractivity contribution in [3.8, 4) is 11.4 Å². The Kier molecular flexibility index (Phi) is 3.20. The normalized spacial score (nSPS) is 12.6. The van der Waals surface area contributed by atoms with Crippen molar-refractivity contribution in [2.45, 2.75) is 20.0 Å². The van der Waals surface area contributed by atoms with Crippen molar-refractivity contribution in [1.29, 1.82) is 0 Å². The molecule has 0 saturated heterocycles. The Hall–Kier alpha value is -2.26. The van der Waals surface area contributed by atoms with Crippen LogP contribution >= 0.6 is 0 Å². The maximum Gasteiger partial charge on any atom is 0.159 e. The van der Waals surface area contributed by atoms with Gasteiger partial charge in [0.1, 0.15) is 0 Å². The fourth-order valence-corrected chi connectivity index (χ4v) is 2.44. The van der Waals surface area contributed by atoms with Crippen LogP contribution in [0.1, 0.15) is 24.3 Å². The molecular weight excluding hydrogens is 248 g/mol. The molecule has 1 aromatic heterocycles. The van der Waals surface area contributed by atoms with Crippen molar-refractivity contribution in [2.24, 2.45) is 0 Å². The summed E-state index contributed by atoms with van der Waals surface area (Å²) < 4.78 is 0. The summed E-state index contributed by atoms with van der Waals surface area (Å²) in [4.78, 5) is 8.95. The van der Waals surface area contributed by atoms with Gasteiger partial charge in [-0.15, -0.1) is 0 Å². The number of fused-ring (bicyclic) bond motifs is 1. The van der Waals surface area contributed by atoms with E-state index in [0.717, 1.165) is 22.2 Å². The lowest BCUT2D eigenvalue weighted by atomic mass is 10.0. The Morgan fingerprint density at radius 1 is 1.05 bits per heavy atom. The van der Waals surface area contributed by atoms with E-state index in [1.54, 1.807) is 13.1 Å². The lowest BCUT2D eigenvalue weighted by molar-refractivity contribution is 0.197. The van der Waals surface area contributed by atoms with Gasteiger partial charge in [0.15, 0.2) is 5.82 Å². The summed E-state index contributed by atoms with van der Waals surface area (Å²) >= 11 is 0. The zero-order valence-corrected chi connectivity index (χ0v) is 11.5. The van der Waals surface area contributed by atoms with E-state index < -0.39 is 6.10 Å². The molecule has 0 saturated carbocycles. The second-order valence-corrected chi connectivity index (χ2v) is 4.94. The number of aliphatic hydroxyl groups excluding tert-OH is 1. The molecule has 0 fully saturated rings. The van der Waals surface area contributed by atoms with Gasteiger partial charge in [-0.2, -0.15) is 0 Å². The molecule has 0 aliphatic rings. The third kappa shape index (κ3) is 2.17. The molecule has 0 bridgehead atoms. The molecule has 1 unspecified atom stereocenters. The molecule has 3 heteroatoms. The topological polar surface area (TPSA) is 46.0 Å². The summed E-state index contributed by atoms with van der Waals surface area (Å²) in [7, 11) is 0. The maximum atomic E-state index is 9.66. The summed E-state index contributed by atoms with van der Waals surface area (Å²) in [5, 5.41) is 12.0. The van der Waals surface area contributed by atoms with Crippen molar-refractivity contribution in [3.63, 3.8) is 0 Å². The number of hydrogen-bond acceptors (Lipinski definition) is 3. The third-order valence-corrected chi connectivity index (χ3v) is 3.50. The molecule has 0 aliphatic carbocycles. The van der Waals surface area contributed by atoms with E-state index >= 15 is 0 Å². The monoisotopic (exact) mass is 264 g/mol. The number of aliphatic hydroxyl groups is 1. The molecule has 0 amide bonds. The molecule has 2 aromatic carbocycles. The highest BCUT2D eigenvalue weighted by atomic mass is 16.3. The molecule has 1 atom stereocenters. The van der Waals surface area contributed by atoms with E-state index in [1.807, 2.05) is 31.2 Å². The highest BCUT2D eigenvalue weighted by Crippen LogP contribution is 2.27. The summed E-state index contributed by atoms with van der Waals surface area (Å²) in [6, 6.07) is 14.3. The van der Waals surface area contributed by atoms with E-state index in [9.17, 15) is 5.11 Å². The highest BCUT2D eigenvalue weighted by molar-refractivity contribution is 5.94. The second-order valence-electron chi connectivity index (χ2n) is 4.94. The minimum absolute atomic E-state index is 0.545. The predicted octanol–water partition coefficient (Wildman–Crippen LogP) is 3.66. The first-order valence-corrected chi connectivity index (χ1v) is 6.66. The average molecular weight is 264 g/mol. The first-order chi connectivity index (χ1) is 9.66. The lowest BCUT2D eigenvalue weighted by Gasteiger charge is -2.10. The Balaban J connectivity index is 2.19. The van der Waals surface area contributed by atoms with Crippen LogP contribution in [0.3, 0.4) is 0 Å². The minimum Gasteiger partial charge on any atom is -0.389 e. The van der Waals surface area contributed by atoms with E-state index in [0.29, 0.717) is 5.82 Å². The first kappa shape index (κ1) is 12.8. The van der Waals surface area contributed by atoms with Gasteiger partial charge >= 0.3 is 0 Å². The number of nitrogens with zero attached hydrogens (tertiary/aromatic N) is 2. The summed E-state index contributed by atoms with van der Waals surface area (Å²) in [6.07, 6.45) is 1.17. The molecule has 3 rings (SSSR count). The molecule has 0 spiro atoms. The van der Waals surface area contributed by atoms with Crippen LogP contribution in [0.25, 0.3) is 22.2 Å². The van der Waals surface area contributed by atoms with Crippen LogP contribution < -0.4 is 0 Å². The molecule has 0 aliphatic heterocycles. The zero-order valence-electron chi connectivity index (χ0n) is 11.5. The highest BCUT2D eigenvalue weighted by Gasteiger charge is 2.11. The van der Waals surface area contributed by atoms with Gasteiger partial charge in [-0.05, 0) is 24.6 Å². The van der Waals surface area contributed by atoms with Gasteiger partial charge in [0, 0.05) is 23.0 Å². The van der Waals surface area contributed by atoms with Crippen LogP contribution in [0.4, 0.5) is 0 Å². The Morgan fingerprint density at radius 2 is 1.80 bits per heavy atom. The molecule has 20 heavy (non-hydrogen) atoms. The van der Waals surface area contributed by atoms with Crippen LogP contribution in [0.15, 0.2) is 48.7 Å². The molecule has 3 nitrogen and oxygen atoms in total. The van der Waals surface area contributed by atoms with Crippen molar-refractivity contribution < 1.29 is 5.11 Å². The largest absolute Gasteiger partial charge is 0.389 e. The molecule has 3 aromatic rings. The Morgan fingerprint density at radius 3 is 2.55 bits per heavy atom. The van der Waals surface area contributed by atoms with Gasteiger partial charge in [0.05, 0.1) is 6.10 Å². The van der Waals surface area contributed by atoms with Crippen LogP contribution in [0.5, 0.6) is 0 Å². The van der Waals surface area contributed by atoms with E-state index in [2.05, 4.69) is 28.2 Å². The van der Waals surface area contributed by atoms with Gasteiger partial charge in [-0.1, -0.05) is 42.5 Å². The number of benzene rings is 2. The quantitative estimate of drug-likeness (QED) is 0.768. The molecule has 0 radical (unpaired) electrons. The standard InChI is InChI=1S/C17H16N2O/c1-11-16(12(2)20)10-18-17(19-11)15-9-5-7-13-6-3-4-8-14(13)15/h3-10,12,20H,1-2H3. The first-order valence-electron chi connectivity index (χ1n) is 6.66. The van der Waals surface area contributed by atoms with Gasteiger partial charge < -0.3 is 5.11 Å². The molecular formula is C17H16N2O. The van der Waals surface area contributed by atoms with Crippen molar-refractivity contribution in [1.82, 2.24) is 9.97 Å². The third-order valence-electron chi connectivity index (χ3n) is 3.50. The smallest absolute Gasteiger partial charge is 0.159 e. The Labute approximate surface area is 117 Å². The SMILES string of the molecule is Cc1nc(-c2cccc3ccccc23)ncc1C(C)O. The lowest BCUT2D eigenvalue weighted by Crippen LogP contribution is -2.01. The number of aryl methyl sites for hydroxylation is 1. The van der Waals surface area contributed by atoms with Crippen LogP contribution in [0, 0.1) is 6.92 Å². The maximum absolute atomic E-state index is 9.66. The van der Waals surface area contributed by atoms with Crippen molar-refractivity contribution in [2.75, 3.05) is 0 Å². The fourth-order valence-electron chi connectivity index (χ4n) is 2.44. The van der Waals surface area contributed by atoms with Crippen molar-refractivity contribution >= 4 is 10.8 Å². The van der Waals surface area contributed by atoms with Crippen LogP contribution in [-0.4, -0.2) is 15.1 Å². The number of hydrogen-bond donors (Lipinski definition) is 1. The predicted molar refractivity (Wildman–Crippen MR) is 80.3 cm³/mol. The molecule has 100 valence electrons. The van der Waals surface area contributed by atoms with Crippen LogP contribution in [-0.2, 0) is 0 Å². The molecule has 1 heterocycles. The van der Waals surface area contributed by atoms with Gasteiger partial charge in [-0.25, -0.2) is 9.97 Å². The van der Waals surface area contributed by atoms with Gasteiger partial charge in [0.25, 0.3) is 0 Å². The number of rotatable bonds is 2. The van der Waals surface area contributed by atoms with E-state index in [4.69, 9.17) is 0 Å². The molecule has 1 N–H and O–H groups in total. The average Bonchev–Trinajstić information content (AvgIpc) is 2.46. The number of aromatic nitrogens is 2. The minimum atomic E-state index is -0.545. The van der Waals surface area contributed by atoms with Crippen molar-refractivity contribution in [3.05, 3.63) is 59.9 Å². The fraction of sp³-hybridized carbons (Fsp3) is 0.176. The van der Waals surface area contributed by atoms with E-state index in [1.165, 1.54) is 5.39 Å².